The summed E-state index contributed by atoms with van der Waals surface area (Å²) < 4.78 is 16.8. The van der Waals surface area contributed by atoms with Gasteiger partial charge < -0.3 is 28.9 Å². The molecule has 0 radical (unpaired) electrons. The normalized spacial score (nSPS) is 19.4. The van der Waals surface area contributed by atoms with Gasteiger partial charge in [0.1, 0.15) is 5.75 Å². The van der Waals surface area contributed by atoms with Crippen LogP contribution in [0.5, 0.6) is 17.2 Å². The van der Waals surface area contributed by atoms with Crippen LogP contribution in [-0.2, 0) is 22.3 Å². The fraction of sp³-hybridized carbons (Fsp3) is 0.409. The SMILES string of the molecule is COBN(C)[C@H]1Cc2ccc(cc2)Oc2cc(ccc2OC)C[C@@H](CO)N(C)C1=O. The molecule has 2 aromatic rings. The van der Waals surface area contributed by atoms with Gasteiger partial charge in [-0.05, 0) is 55.3 Å². The molecule has 2 atom stereocenters. The topological polar surface area (TPSA) is 71.5 Å². The van der Waals surface area contributed by atoms with Crippen molar-refractivity contribution in [2.45, 2.75) is 24.9 Å². The molecule has 8 heteroatoms. The Balaban J connectivity index is 2.04. The van der Waals surface area contributed by atoms with Gasteiger partial charge in [0.2, 0.25) is 5.91 Å². The van der Waals surface area contributed by atoms with Gasteiger partial charge in [-0.25, -0.2) is 0 Å². The highest BCUT2D eigenvalue weighted by Crippen LogP contribution is 2.33. The Bertz CT molecular complexity index is 861. The monoisotopic (exact) mass is 412 g/mol. The Morgan fingerprint density at radius 3 is 2.50 bits per heavy atom. The number of ether oxygens (including phenoxy) is 2. The first-order valence-electron chi connectivity index (χ1n) is 9.97. The summed E-state index contributed by atoms with van der Waals surface area (Å²) in [5.74, 6) is 1.86. The average molecular weight is 412 g/mol. The van der Waals surface area contributed by atoms with Crippen LogP contribution in [0.4, 0.5) is 0 Å². The molecule has 2 heterocycles. The average Bonchev–Trinajstić information content (AvgIpc) is 2.75. The first kappa shape index (κ1) is 22.1. The Labute approximate surface area is 178 Å². The first-order valence-corrected chi connectivity index (χ1v) is 9.97. The second-order valence-corrected chi connectivity index (χ2v) is 7.62. The maximum absolute atomic E-state index is 13.4. The lowest BCUT2D eigenvalue weighted by Gasteiger charge is -2.34. The molecule has 2 aliphatic rings. The van der Waals surface area contributed by atoms with Crippen LogP contribution in [0.1, 0.15) is 11.1 Å². The van der Waals surface area contributed by atoms with Crippen LogP contribution >= 0.6 is 0 Å². The summed E-state index contributed by atoms with van der Waals surface area (Å²) >= 11 is 0. The number of fused-ring (bicyclic) bond motifs is 7. The van der Waals surface area contributed by atoms with E-state index in [-0.39, 0.29) is 18.6 Å². The molecule has 0 aromatic heterocycles. The minimum atomic E-state index is -0.412. The van der Waals surface area contributed by atoms with Crippen LogP contribution < -0.4 is 9.47 Å². The molecule has 4 rings (SSSR count). The van der Waals surface area contributed by atoms with Crippen molar-refractivity contribution in [1.29, 1.82) is 0 Å². The zero-order chi connectivity index (χ0) is 21.7. The molecule has 1 N–H and O–H groups in total. The number of amides is 1. The van der Waals surface area contributed by atoms with E-state index in [1.54, 1.807) is 26.2 Å². The Kier molecular flexibility index (Phi) is 7.36. The van der Waals surface area contributed by atoms with Crippen LogP contribution in [0, 0.1) is 0 Å². The van der Waals surface area contributed by atoms with E-state index < -0.39 is 6.04 Å². The number of likely N-dealkylation sites (N-methyl/N-ethyl adjacent to an activating group) is 2. The second kappa shape index (κ2) is 9.97. The number of carbonyl (C=O) groups is 1. The van der Waals surface area contributed by atoms with Crippen molar-refractivity contribution in [3.8, 4) is 17.2 Å². The molecule has 1 amide bonds. The van der Waals surface area contributed by atoms with Crippen molar-refractivity contribution < 1.29 is 24.0 Å². The van der Waals surface area contributed by atoms with E-state index in [1.807, 2.05) is 54.3 Å². The quantitative estimate of drug-likeness (QED) is 0.753. The van der Waals surface area contributed by atoms with E-state index in [2.05, 4.69) is 0 Å². The van der Waals surface area contributed by atoms with Crippen LogP contribution in [0.15, 0.2) is 42.5 Å². The minimum absolute atomic E-state index is 0.0558. The lowest BCUT2D eigenvalue weighted by Crippen LogP contribution is -2.52. The van der Waals surface area contributed by atoms with Crippen molar-refractivity contribution in [3.63, 3.8) is 0 Å². The molecule has 0 saturated heterocycles. The summed E-state index contributed by atoms with van der Waals surface area (Å²) in [5.41, 5.74) is 1.95. The van der Waals surface area contributed by atoms with Crippen LogP contribution in [0.25, 0.3) is 0 Å². The molecule has 0 aliphatic carbocycles. The van der Waals surface area contributed by atoms with E-state index >= 15 is 0 Å². The number of hydrogen-bond acceptors (Lipinski definition) is 6. The van der Waals surface area contributed by atoms with E-state index in [0.29, 0.717) is 37.7 Å². The van der Waals surface area contributed by atoms with Gasteiger partial charge in [-0.1, -0.05) is 18.2 Å². The van der Waals surface area contributed by atoms with Crippen LogP contribution in [0.2, 0.25) is 0 Å². The fourth-order valence-corrected chi connectivity index (χ4v) is 3.71. The third kappa shape index (κ3) is 4.95. The Morgan fingerprint density at radius 2 is 1.87 bits per heavy atom. The molecule has 30 heavy (non-hydrogen) atoms. The van der Waals surface area contributed by atoms with Gasteiger partial charge in [-0.3, -0.25) is 4.79 Å². The Morgan fingerprint density at radius 1 is 1.17 bits per heavy atom. The van der Waals surface area contributed by atoms with Crippen molar-refractivity contribution in [2.24, 2.45) is 0 Å². The maximum Gasteiger partial charge on any atom is 0.363 e. The van der Waals surface area contributed by atoms with E-state index in [0.717, 1.165) is 11.1 Å². The number of carbonyl (C=O) groups excluding carboxylic acids is 1. The maximum atomic E-state index is 13.4. The summed E-state index contributed by atoms with van der Waals surface area (Å²) in [5, 5.41) is 10.0. The number of methoxy groups -OCH3 is 1. The molecule has 4 bridgehead atoms. The molecule has 2 aliphatic heterocycles. The molecule has 160 valence electrons. The minimum Gasteiger partial charge on any atom is -0.493 e. The molecular formula is C22H29BN2O5. The molecule has 0 spiro atoms. The summed E-state index contributed by atoms with van der Waals surface area (Å²) in [7, 11) is 7.15. The van der Waals surface area contributed by atoms with Crippen LogP contribution in [-0.4, -0.2) is 75.3 Å². The molecule has 0 saturated carbocycles. The lowest BCUT2D eigenvalue weighted by atomic mass is 9.97. The summed E-state index contributed by atoms with van der Waals surface area (Å²) in [6.45, 7) is -0.140. The molecule has 0 unspecified atom stereocenters. The largest absolute Gasteiger partial charge is 0.493 e. The van der Waals surface area contributed by atoms with Crippen molar-refractivity contribution in [1.82, 2.24) is 9.71 Å². The highest BCUT2D eigenvalue weighted by Gasteiger charge is 2.30. The van der Waals surface area contributed by atoms with Crippen molar-refractivity contribution >= 4 is 13.5 Å². The van der Waals surface area contributed by atoms with Gasteiger partial charge >= 0.3 is 7.62 Å². The smallest absolute Gasteiger partial charge is 0.363 e. The summed E-state index contributed by atoms with van der Waals surface area (Å²) in [6, 6.07) is 12.6. The van der Waals surface area contributed by atoms with Crippen LogP contribution in [0.3, 0.4) is 0 Å². The van der Waals surface area contributed by atoms with Gasteiger partial charge in [0, 0.05) is 14.2 Å². The molecule has 0 fully saturated rings. The summed E-state index contributed by atoms with van der Waals surface area (Å²) in [4.78, 5) is 16.9. The summed E-state index contributed by atoms with van der Waals surface area (Å²) in [6.07, 6.45) is 1.02. The van der Waals surface area contributed by atoms with Crippen molar-refractivity contribution in [2.75, 3.05) is 34.9 Å². The van der Waals surface area contributed by atoms with Gasteiger partial charge in [0.25, 0.3) is 0 Å². The number of rotatable bonds is 5. The third-order valence-electron chi connectivity index (χ3n) is 5.54. The van der Waals surface area contributed by atoms with Crippen molar-refractivity contribution in [3.05, 3.63) is 53.6 Å². The molecular weight excluding hydrogens is 383 g/mol. The van der Waals surface area contributed by atoms with Gasteiger partial charge in [-0.2, -0.15) is 0 Å². The first-order chi connectivity index (χ1) is 14.5. The number of hydrogen-bond donors (Lipinski definition) is 1. The second-order valence-electron chi connectivity index (χ2n) is 7.62. The number of aliphatic hydroxyl groups is 1. The van der Waals surface area contributed by atoms with Gasteiger partial charge in [0.05, 0.1) is 25.8 Å². The van der Waals surface area contributed by atoms with E-state index in [9.17, 15) is 9.90 Å². The predicted octanol–water partition coefficient (Wildman–Crippen LogP) is 1.62. The standard InChI is InChI=1S/C22H29BN2O5/c1-24-17(14-26)11-16-7-10-20(28-3)21(13-16)30-18-8-5-15(6-9-18)12-19(22(24)27)25(2)23-29-4/h5-10,13,17,19,23,26H,11-12,14H2,1-4H3/t17-,19-/m0/s1. The zero-order valence-electron chi connectivity index (χ0n) is 18.0. The molecule has 7 nitrogen and oxygen atoms in total. The zero-order valence-corrected chi connectivity index (χ0v) is 18.0. The third-order valence-corrected chi connectivity index (χ3v) is 5.54. The number of benzene rings is 2. The fourth-order valence-electron chi connectivity index (χ4n) is 3.71. The molecule has 2 aromatic carbocycles. The lowest BCUT2D eigenvalue weighted by molar-refractivity contribution is -0.136. The number of nitrogens with zero attached hydrogens (tertiary/aromatic N) is 2. The Hall–Kier alpha value is -2.55. The predicted molar refractivity (Wildman–Crippen MR) is 116 cm³/mol. The van der Waals surface area contributed by atoms with Gasteiger partial charge in [-0.15, -0.1) is 0 Å². The highest BCUT2D eigenvalue weighted by molar-refractivity contribution is 6.24. The number of aliphatic hydroxyl groups excluding tert-OH is 1. The van der Waals surface area contributed by atoms with E-state index in [4.69, 9.17) is 14.1 Å². The van der Waals surface area contributed by atoms with Gasteiger partial charge in [0.15, 0.2) is 11.5 Å². The van der Waals surface area contributed by atoms with E-state index in [1.165, 1.54) is 0 Å². The highest BCUT2D eigenvalue weighted by atomic mass is 16.5.